The second-order valence-electron chi connectivity index (χ2n) is 6.62. The quantitative estimate of drug-likeness (QED) is 0.874. The number of nitrogens with zero attached hydrogens (tertiary/aromatic N) is 1. The summed E-state index contributed by atoms with van der Waals surface area (Å²) in [5.74, 6) is -0.226. The molecule has 0 aromatic heterocycles. The molecule has 134 valence electrons. The number of likely N-dealkylation sites (tertiary alicyclic amines) is 1. The van der Waals surface area contributed by atoms with Crippen molar-refractivity contribution in [1.82, 2.24) is 10.2 Å². The molecule has 2 amide bonds. The van der Waals surface area contributed by atoms with E-state index in [-0.39, 0.29) is 17.9 Å². The number of likely N-dealkylation sites (N-methyl/N-ethyl adjacent to an activating group) is 1. The van der Waals surface area contributed by atoms with Gasteiger partial charge >= 0.3 is 0 Å². The highest BCUT2D eigenvalue weighted by Crippen LogP contribution is 2.39. The van der Waals surface area contributed by atoms with Gasteiger partial charge in [-0.1, -0.05) is 30.8 Å². The molecule has 1 unspecified atom stereocenters. The number of benzene rings is 2. The van der Waals surface area contributed by atoms with Crippen molar-refractivity contribution in [2.24, 2.45) is 0 Å². The van der Waals surface area contributed by atoms with Crippen LogP contribution in [0.3, 0.4) is 0 Å². The molecule has 0 spiro atoms. The lowest BCUT2D eigenvalue weighted by molar-refractivity contribution is 0.0936. The van der Waals surface area contributed by atoms with E-state index in [1.165, 1.54) is 0 Å². The zero-order valence-corrected chi connectivity index (χ0v) is 15.4. The van der Waals surface area contributed by atoms with Gasteiger partial charge in [0.1, 0.15) is 0 Å². The number of rotatable bonds is 3. The topological polar surface area (TPSA) is 61.4 Å². The molecule has 2 aliphatic rings. The standard InChI is InChI=1S/C20H21N3O2S/c1-2-23-10-9-14(12-23)21-19(24)13-7-8-18-16(11-13)22-20(25)15-5-3-4-6-17(15)26-18/h3-8,11,14H,2,9-10,12H2,1H3,(H,21,24)(H,22,25). The molecule has 0 aliphatic carbocycles. The van der Waals surface area contributed by atoms with Gasteiger partial charge < -0.3 is 15.5 Å². The Morgan fingerprint density at radius 1 is 1.27 bits per heavy atom. The fourth-order valence-corrected chi connectivity index (χ4v) is 4.43. The van der Waals surface area contributed by atoms with Gasteiger partial charge in [-0.25, -0.2) is 0 Å². The number of anilines is 1. The Labute approximate surface area is 157 Å². The average molecular weight is 367 g/mol. The molecular formula is C20H21N3O2S. The van der Waals surface area contributed by atoms with Gasteiger partial charge in [0, 0.05) is 34.5 Å². The maximum Gasteiger partial charge on any atom is 0.256 e. The fourth-order valence-electron chi connectivity index (χ4n) is 3.42. The average Bonchev–Trinajstić information content (AvgIpc) is 3.05. The van der Waals surface area contributed by atoms with Crippen molar-refractivity contribution in [3.8, 4) is 0 Å². The summed E-state index contributed by atoms with van der Waals surface area (Å²) < 4.78 is 0. The van der Waals surface area contributed by atoms with Crippen molar-refractivity contribution >= 4 is 29.3 Å². The minimum Gasteiger partial charge on any atom is -0.348 e. The molecule has 6 heteroatoms. The zero-order chi connectivity index (χ0) is 18.1. The Hall–Kier alpha value is -2.31. The molecule has 0 saturated carbocycles. The Balaban J connectivity index is 1.54. The molecule has 1 atom stereocenters. The second kappa shape index (κ2) is 7.13. The Morgan fingerprint density at radius 2 is 2.12 bits per heavy atom. The van der Waals surface area contributed by atoms with Crippen LogP contribution in [0.4, 0.5) is 5.69 Å². The van der Waals surface area contributed by atoms with Crippen LogP contribution in [0.2, 0.25) is 0 Å². The van der Waals surface area contributed by atoms with Crippen molar-refractivity contribution in [3.05, 3.63) is 53.6 Å². The minimum atomic E-state index is -0.140. The van der Waals surface area contributed by atoms with Gasteiger partial charge in [-0.3, -0.25) is 9.59 Å². The fraction of sp³-hybridized carbons (Fsp3) is 0.300. The summed E-state index contributed by atoms with van der Waals surface area (Å²) in [6.07, 6.45) is 0.979. The minimum absolute atomic E-state index is 0.0863. The second-order valence-corrected chi connectivity index (χ2v) is 7.70. The van der Waals surface area contributed by atoms with Crippen LogP contribution in [-0.4, -0.2) is 42.4 Å². The van der Waals surface area contributed by atoms with Crippen LogP contribution in [0.1, 0.15) is 34.1 Å². The molecule has 0 radical (unpaired) electrons. The van der Waals surface area contributed by atoms with E-state index >= 15 is 0 Å². The van der Waals surface area contributed by atoms with Crippen LogP contribution in [0, 0.1) is 0 Å². The van der Waals surface area contributed by atoms with Crippen molar-refractivity contribution in [2.45, 2.75) is 29.2 Å². The van der Waals surface area contributed by atoms with Crippen LogP contribution in [0.5, 0.6) is 0 Å². The first-order valence-corrected chi connectivity index (χ1v) is 9.71. The summed E-state index contributed by atoms with van der Waals surface area (Å²) in [5, 5.41) is 6.05. The van der Waals surface area contributed by atoms with Crippen LogP contribution in [0.15, 0.2) is 52.3 Å². The molecule has 2 aliphatic heterocycles. The predicted molar refractivity (Wildman–Crippen MR) is 103 cm³/mol. The molecule has 5 nitrogen and oxygen atoms in total. The number of fused-ring (bicyclic) bond motifs is 2. The number of hydrogen-bond acceptors (Lipinski definition) is 4. The van der Waals surface area contributed by atoms with E-state index in [0.29, 0.717) is 16.8 Å². The number of carbonyl (C=O) groups excluding carboxylic acids is 2. The summed E-state index contributed by atoms with van der Waals surface area (Å²) in [4.78, 5) is 29.3. The third-order valence-corrected chi connectivity index (χ3v) is 6.05. The summed E-state index contributed by atoms with van der Waals surface area (Å²) in [7, 11) is 0. The lowest BCUT2D eigenvalue weighted by Gasteiger charge is -2.15. The SMILES string of the molecule is CCN1CCC(NC(=O)c2ccc3c(c2)NC(=O)c2ccccc2S3)C1. The van der Waals surface area contributed by atoms with Gasteiger partial charge in [0.2, 0.25) is 0 Å². The summed E-state index contributed by atoms with van der Waals surface area (Å²) >= 11 is 1.54. The van der Waals surface area contributed by atoms with E-state index < -0.39 is 0 Å². The molecule has 2 N–H and O–H groups in total. The molecule has 4 rings (SSSR count). The van der Waals surface area contributed by atoms with E-state index in [1.54, 1.807) is 17.8 Å². The Kier molecular flexibility index (Phi) is 4.70. The van der Waals surface area contributed by atoms with Gasteiger partial charge in [-0.2, -0.15) is 0 Å². The van der Waals surface area contributed by atoms with E-state index in [2.05, 4.69) is 22.5 Å². The Morgan fingerprint density at radius 3 is 2.92 bits per heavy atom. The molecule has 2 aromatic carbocycles. The molecule has 0 bridgehead atoms. The maximum absolute atomic E-state index is 12.6. The van der Waals surface area contributed by atoms with E-state index in [9.17, 15) is 9.59 Å². The first-order valence-electron chi connectivity index (χ1n) is 8.89. The predicted octanol–water partition coefficient (Wildman–Crippen LogP) is 3.23. The molecule has 2 aromatic rings. The third-order valence-electron chi connectivity index (χ3n) is 4.90. The highest BCUT2D eigenvalue weighted by atomic mass is 32.2. The van der Waals surface area contributed by atoms with Crippen molar-refractivity contribution in [3.63, 3.8) is 0 Å². The third kappa shape index (κ3) is 3.34. The van der Waals surface area contributed by atoms with Gasteiger partial charge in [0.25, 0.3) is 11.8 Å². The van der Waals surface area contributed by atoms with Crippen molar-refractivity contribution in [2.75, 3.05) is 25.0 Å². The number of amides is 2. The van der Waals surface area contributed by atoms with Gasteiger partial charge in [-0.05, 0) is 43.3 Å². The van der Waals surface area contributed by atoms with Gasteiger partial charge in [-0.15, -0.1) is 0 Å². The van der Waals surface area contributed by atoms with Gasteiger partial charge in [0.15, 0.2) is 0 Å². The number of hydrogen-bond donors (Lipinski definition) is 2. The van der Waals surface area contributed by atoms with E-state index in [0.717, 1.165) is 35.8 Å². The summed E-state index contributed by atoms with van der Waals surface area (Å²) in [6, 6.07) is 13.2. The van der Waals surface area contributed by atoms with Crippen LogP contribution < -0.4 is 10.6 Å². The molecule has 1 saturated heterocycles. The summed E-state index contributed by atoms with van der Waals surface area (Å²) in [6.45, 7) is 5.07. The normalized spacial score (nSPS) is 19.3. The molecule has 2 heterocycles. The van der Waals surface area contributed by atoms with Crippen LogP contribution >= 0.6 is 11.8 Å². The van der Waals surface area contributed by atoms with E-state index in [4.69, 9.17) is 0 Å². The first-order chi connectivity index (χ1) is 12.6. The molecule has 1 fully saturated rings. The highest BCUT2D eigenvalue weighted by molar-refractivity contribution is 7.99. The zero-order valence-electron chi connectivity index (χ0n) is 14.6. The van der Waals surface area contributed by atoms with Crippen molar-refractivity contribution in [1.29, 1.82) is 0 Å². The van der Waals surface area contributed by atoms with Crippen LogP contribution in [0.25, 0.3) is 0 Å². The Bertz CT molecular complexity index is 868. The molecular weight excluding hydrogens is 346 g/mol. The largest absolute Gasteiger partial charge is 0.348 e. The lowest BCUT2D eigenvalue weighted by atomic mass is 10.1. The number of nitrogens with one attached hydrogen (secondary N) is 2. The lowest BCUT2D eigenvalue weighted by Crippen LogP contribution is -2.37. The van der Waals surface area contributed by atoms with Gasteiger partial charge in [0.05, 0.1) is 11.3 Å². The van der Waals surface area contributed by atoms with Crippen molar-refractivity contribution < 1.29 is 9.59 Å². The van der Waals surface area contributed by atoms with E-state index in [1.807, 2.05) is 36.4 Å². The van der Waals surface area contributed by atoms with Crippen LogP contribution in [-0.2, 0) is 0 Å². The maximum atomic E-state index is 12.6. The first kappa shape index (κ1) is 17.1. The summed E-state index contributed by atoms with van der Waals surface area (Å²) in [5.41, 5.74) is 1.92. The smallest absolute Gasteiger partial charge is 0.256 e. The monoisotopic (exact) mass is 367 g/mol. The highest BCUT2D eigenvalue weighted by Gasteiger charge is 2.24. The molecule has 26 heavy (non-hydrogen) atoms. The number of carbonyl (C=O) groups is 2.